The summed E-state index contributed by atoms with van der Waals surface area (Å²) in [7, 11) is -3.79. The van der Waals surface area contributed by atoms with Crippen molar-refractivity contribution in [2.75, 3.05) is 5.32 Å². The van der Waals surface area contributed by atoms with Crippen LogP contribution in [0.25, 0.3) is 0 Å². The van der Waals surface area contributed by atoms with Gasteiger partial charge in [-0.05, 0) is 50.3 Å². The highest BCUT2D eigenvalue weighted by Gasteiger charge is 2.25. The predicted molar refractivity (Wildman–Crippen MR) is 81.1 cm³/mol. The molecule has 0 bridgehead atoms. The van der Waals surface area contributed by atoms with E-state index in [-0.39, 0.29) is 22.8 Å². The standard InChI is InChI=1S/C14H21N3O3S/c1-9-12(3-2-4-13(9)21(16,19)20)17-14(18)10-5-7-11(15)8-6-10/h2-4,10-11H,5-8,15H2,1H3,(H,17,18)(H2,16,19,20). The molecule has 1 aromatic rings. The minimum atomic E-state index is -3.79. The van der Waals surface area contributed by atoms with Crippen molar-refractivity contribution in [2.45, 2.75) is 43.5 Å². The summed E-state index contributed by atoms with van der Waals surface area (Å²) in [6.45, 7) is 1.63. The van der Waals surface area contributed by atoms with E-state index in [4.69, 9.17) is 10.9 Å². The van der Waals surface area contributed by atoms with Crippen molar-refractivity contribution >= 4 is 21.6 Å². The number of hydrogen-bond acceptors (Lipinski definition) is 4. The van der Waals surface area contributed by atoms with Gasteiger partial charge in [0.05, 0.1) is 4.90 Å². The predicted octanol–water partition coefficient (Wildman–Crippen LogP) is 1.10. The van der Waals surface area contributed by atoms with Crippen LogP contribution in [0.5, 0.6) is 0 Å². The Balaban J connectivity index is 2.15. The van der Waals surface area contributed by atoms with Crippen molar-refractivity contribution in [2.24, 2.45) is 16.8 Å². The highest BCUT2D eigenvalue weighted by atomic mass is 32.2. The Bertz CT molecular complexity index is 635. The summed E-state index contributed by atoms with van der Waals surface area (Å²) in [5.41, 5.74) is 6.78. The summed E-state index contributed by atoms with van der Waals surface area (Å²) < 4.78 is 23.0. The number of anilines is 1. The number of carbonyl (C=O) groups excluding carboxylic acids is 1. The minimum absolute atomic E-state index is 0.0333. The first-order valence-corrected chi connectivity index (χ1v) is 8.52. The molecule has 0 heterocycles. The average Bonchev–Trinajstić information content (AvgIpc) is 2.40. The molecule has 1 saturated carbocycles. The number of sulfonamides is 1. The largest absolute Gasteiger partial charge is 0.328 e. The molecule has 1 aliphatic carbocycles. The van der Waals surface area contributed by atoms with E-state index in [1.165, 1.54) is 6.07 Å². The molecule has 0 spiro atoms. The van der Waals surface area contributed by atoms with Crippen molar-refractivity contribution in [3.63, 3.8) is 0 Å². The van der Waals surface area contributed by atoms with Gasteiger partial charge in [-0.25, -0.2) is 13.6 Å². The first kappa shape index (κ1) is 15.9. The lowest BCUT2D eigenvalue weighted by molar-refractivity contribution is -0.120. The fourth-order valence-corrected chi connectivity index (χ4v) is 3.48. The third-order valence-corrected chi connectivity index (χ3v) is 5.05. The van der Waals surface area contributed by atoms with E-state index in [0.717, 1.165) is 25.7 Å². The second-order valence-electron chi connectivity index (χ2n) is 5.57. The van der Waals surface area contributed by atoms with Gasteiger partial charge in [-0.2, -0.15) is 0 Å². The van der Waals surface area contributed by atoms with Gasteiger partial charge in [0.2, 0.25) is 15.9 Å². The molecule has 1 fully saturated rings. The van der Waals surface area contributed by atoms with Crippen molar-refractivity contribution in [3.05, 3.63) is 23.8 Å². The Morgan fingerprint density at radius 3 is 2.43 bits per heavy atom. The molecule has 1 aromatic carbocycles. The zero-order valence-corrected chi connectivity index (χ0v) is 12.8. The highest BCUT2D eigenvalue weighted by molar-refractivity contribution is 7.89. The average molecular weight is 311 g/mol. The zero-order chi connectivity index (χ0) is 15.6. The van der Waals surface area contributed by atoms with Crippen LogP contribution < -0.4 is 16.2 Å². The summed E-state index contributed by atoms with van der Waals surface area (Å²) in [5, 5.41) is 7.97. The molecule has 0 atom stereocenters. The topological polar surface area (TPSA) is 115 Å². The maximum absolute atomic E-state index is 12.3. The number of hydrogen-bond donors (Lipinski definition) is 3. The number of nitrogens with two attached hydrogens (primary N) is 2. The van der Waals surface area contributed by atoms with Crippen LogP contribution >= 0.6 is 0 Å². The van der Waals surface area contributed by atoms with Crippen molar-refractivity contribution < 1.29 is 13.2 Å². The molecule has 0 radical (unpaired) electrons. The SMILES string of the molecule is Cc1c(NC(=O)C2CCC(N)CC2)cccc1S(N)(=O)=O. The van der Waals surface area contributed by atoms with Gasteiger partial charge in [-0.3, -0.25) is 4.79 Å². The second kappa shape index (κ2) is 6.13. The molecule has 5 N–H and O–H groups in total. The van der Waals surface area contributed by atoms with Crippen LogP contribution in [-0.2, 0) is 14.8 Å². The van der Waals surface area contributed by atoms with E-state index in [1.807, 2.05) is 0 Å². The first-order valence-electron chi connectivity index (χ1n) is 6.98. The molecule has 6 nitrogen and oxygen atoms in total. The van der Waals surface area contributed by atoms with E-state index in [0.29, 0.717) is 11.3 Å². The number of primary sulfonamides is 1. The van der Waals surface area contributed by atoms with Gasteiger partial charge < -0.3 is 11.1 Å². The summed E-state index contributed by atoms with van der Waals surface area (Å²) in [6, 6.07) is 4.86. The Hall–Kier alpha value is -1.44. The Kier molecular flexibility index (Phi) is 4.65. The fraction of sp³-hybridized carbons (Fsp3) is 0.500. The summed E-state index contributed by atoms with van der Waals surface area (Å²) in [6.07, 6.45) is 3.21. The molecular weight excluding hydrogens is 290 g/mol. The molecule has 0 aliphatic heterocycles. The van der Waals surface area contributed by atoms with Gasteiger partial charge in [0.25, 0.3) is 0 Å². The third-order valence-electron chi connectivity index (χ3n) is 3.99. The van der Waals surface area contributed by atoms with Crippen molar-refractivity contribution in [1.29, 1.82) is 0 Å². The van der Waals surface area contributed by atoms with Crippen LogP contribution in [0, 0.1) is 12.8 Å². The smallest absolute Gasteiger partial charge is 0.238 e. The highest BCUT2D eigenvalue weighted by Crippen LogP contribution is 2.27. The van der Waals surface area contributed by atoms with Crippen LogP contribution in [0.2, 0.25) is 0 Å². The molecule has 0 unspecified atom stereocenters. The quantitative estimate of drug-likeness (QED) is 0.775. The summed E-state index contributed by atoms with van der Waals surface area (Å²) in [4.78, 5) is 12.3. The number of nitrogens with one attached hydrogen (secondary N) is 1. The molecule has 7 heteroatoms. The molecule has 0 saturated heterocycles. The van der Waals surface area contributed by atoms with Gasteiger partial charge in [0.1, 0.15) is 0 Å². The van der Waals surface area contributed by atoms with Gasteiger partial charge in [-0.1, -0.05) is 6.07 Å². The Morgan fingerprint density at radius 2 is 1.86 bits per heavy atom. The van der Waals surface area contributed by atoms with Crippen LogP contribution in [0.4, 0.5) is 5.69 Å². The molecule has 1 aliphatic rings. The summed E-state index contributed by atoms with van der Waals surface area (Å²) >= 11 is 0. The molecule has 21 heavy (non-hydrogen) atoms. The van der Waals surface area contributed by atoms with Gasteiger partial charge in [0.15, 0.2) is 0 Å². The lowest BCUT2D eigenvalue weighted by Crippen LogP contribution is -2.32. The minimum Gasteiger partial charge on any atom is -0.328 e. The van der Waals surface area contributed by atoms with Crippen LogP contribution in [0.1, 0.15) is 31.2 Å². The molecular formula is C14H21N3O3S. The van der Waals surface area contributed by atoms with E-state index in [2.05, 4.69) is 5.32 Å². The molecule has 2 rings (SSSR count). The van der Waals surface area contributed by atoms with E-state index in [1.54, 1.807) is 19.1 Å². The van der Waals surface area contributed by atoms with Crippen molar-refractivity contribution in [3.8, 4) is 0 Å². The van der Waals surface area contributed by atoms with E-state index < -0.39 is 10.0 Å². The third kappa shape index (κ3) is 3.81. The molecule has 0 aromatic heterocycles. The first-order chi connectivity index (χ1) is 9.79. The Labute approximate surface area is 124 Å². The second-order valence-corrected chi connectivity index (χ2v) is 7.10. The monoisotopic (exact) mass is 311 g/mol. The number of benzene rings is 1. The number of carbonyl (C=O) groups is 1. The number of rotatable bonds is 3. The van der Waals surface area contributed by atoms with Gasteiger partial charge >= 0.3 is 0 Å². The molecule has 1 amide bonds. The fourth-order valence-electron chi connectivity index (χ4n) is 2.67. The van der Waals surface area contributed by atoms with Gasteiger partial charge in [-0.15, -0.1) is 0 Å². The normalized spacial score (nSPS) is 22.8. The van der Waals surface area contributed by atoms with Crippen LogP contribution in [-0.4, -0.2) is 20.4 Å². The van der Waals surface area contributed by atoms with Gasteiger partial charge in [0, 0.05) is 17.6 Å². The van der Waals surface area contributed by atoms with E-state index in [9.17, 15) is 13.2 Å². The van der Waals surface area contributed by atoms with Crippen LogP contribution in [0.3, 0.4) is 0 Å². The van der Waals surface area contributed by atoms with Crippen molar-refractivity contribution in [1.82, 2.24) is 0 Å². The lowest BCUT2D eigenvalue weighted by atomic mass is 9.86. The lowest BCUT2D eigenvalue weighted by Gasteiger charge is -2.25. The summed E-state index contributed by atoms with van der Waals surface area (Å²) in [5.74, 6) is -0.154. The Morgan fingerprint density at radius 1 is 1.24 bits per heavy atom. The molecule has 116 valence electrons. The van der Waals surface area contributed by atoms with Crippen LogP contribution in [0.15, 0.2) is 23.1 Å². The maximum Gasteiger partial charge on any atom is 0.238 e. The van der Waals surface area contributed by atoms with E-state index >= 15 is 0 Å². The zero-order valence-electron chi connectivity index (χ0n) is 12.0. The number of amides is 1. The maximum atomic E-state index is 12.3.